The first-order valence-electron chi connectivity index (χ1n) is 10.6. The lowest BCUT2D eigenvalue weighted by Crippen LogP contribution is -2.13. The van der Waals surface area contributed by atoms with Crippen LogP contribution in [0.15, 0.2) is 78.4 Å². The second-order valence-electron chi connectivity index (χ2n) is 7.11. The van der Waals surface area contributed by atoms with Gasteiger partial charge in [0.05, 0.1) is 19.3 Å². The number of carbonyl (C=O) groups excluding carboxylic acids is 2. The molecule has 0 spiro atoms. The fraction of sp³-hybridized carbons (Fsp3) is 0.148. The predicted molar refractivity (Wildman–Crippen MR) is 128 cm³/mol. The molecular formula is C27H24N2O5. The minimum absolute atomic E-state index is 0.0884. The molecular weight excluding hydrogens is 432 g/mol. The number of nitrogens with zero attached hydrogens (tertiary/aromatic N) is 1. The second-order valence-corrected chi connectivity index (χ2v) is 7.11. The fourth-order valence-electron chi connectivity index (χ4n) is 3.05. The average Bonchev–Trinajstić information content (AvgIpc) is 2.87. The van der Waals surface area contributed by atoms with Crippen LogP contribution in [0.3, 0.4) is 0 Å². The van der Waals surface area contributed by atoms with Crippen molar-refractivity contribution in [2.75, 3.05) is 19.0 Å². The molecule has 0 saturated carbocycles. The maximum absolute atomic E-state index is 12.6. The van der Waals surface area contributed by atoms with Crippen molar-refractivity contribution in [3.8, 4) is 17.6 Å². The minimum atomic E-state index is -0.574. The van der Waals surface area contributed by atoms with Crippen molar-refractivity contribution in [3.05, 3.63) is 95.1 Å². The van der Waals surface area contributed by atoms with E-state index in [-0.39, 0.29) is 12.2 Å². The first-order valence-corrected chi connectivity index (χ1v) is 10.6. The van der Waals surface area contributed by atoms with Gasteiger partial charge in [0, 0.05) is 5.69 Å². The normalized spacial score (nSPS) is 10.7. The van der Waals surface area contributed by atoms with Crippen LogP contribution in [-0.4, -0.2) is 25.6 Å². The van der Waals surface area contributed by atoms with Gasteiger partial charge in [-0.2, -0.15) is 5.26 Å². The molecule has 1 N–H and O–H groups in total. The van der Waals surface area contributed by atoms with Gasteiger partial charge in [-0.1, -0.05) is 36.4 Å². The number of nitrogens with one attached hydrogen (secondary N) is 1. The first-order chi connectivity index (χ1) is 16.5. The molecule has 0 aliphatic carbocycles. The molecule has 3 aromatic rings. The van der Waals surface area contributed by atoms with E-state index in [9.17, 15) is 14.9 Å². The van der Waals surface area contributed by atoms with E-state index in [4.69, 9.17) is 14.2 Å². The van der Waals surface area contributed by atoms with E-state index in [2.05, 4.69) is 5.32 Å². The van der Waals surface area contributed by atoms with Gasteiger partial charge >= 0.3 is 5.97 Å². The number of methoxy groups -OCH3 is 1. The fourth-order valence-corrected chi connectivity index (χ4v) is 3.05. The van der Waals surface area contributed by atoms with Crippen LogP contribution >= 0.6 is 0 Å². The van der Waals surface area contributed by atoms with Gasteiger partial charge in [-0.05, 0) is 60.5 Å². The maximum atomic E-state index is 12.6. The van der Waals surface area contributed by atoms with Crippen LogP contribution in [0.2, 0.25) is 0 Å². The Morgan fingerprint density at radius 2 is 1.74 bits per heavy atom. The van der Waals surface area contributed by atoms with Crippen LogP contribution in [0.25, 0.3) is 6.08 Å². The van der Waals surface area contributed by atoms with Crippen molar-refractivity contribution in [3.63, 3.8) is 0 Å². The highest BCUT2D eigenvalue weighted by Gasteiger charge is 2.12. The molecule has 0 saturated heterocycles. The Labute approximate surface area is 198 Å². The molecule has 172 valence electrons. The van der Waals surface area contributed by atoms with E-state index < -0.39 is 11.9 Å². The third-order valence-corrected chi connectivity index (χ3v) is 4.75. The van der Waals surface area contributed by atoms with Crippen LogP contribution in [0, 0.1) is 11.3 Å². The van der Waals surface area contributed by atoms with E-state index in [1.807, 2.05) is 36.4 Å². The van der Waals surface area contributed by atoms with Gasteiger partial charge < -0.3 is 19.5 Å². The molecule has 0 heterocycles. The van der Waals surface area contributed by atoms with Crippen molar-refractivity contribution in [1.29, 1.82) is 5.26 Å². The zero-order valence-electron chi connectivity index (χ0n) is 18.9. The second kappa shape index (κ2) is 11.9. The summed E-state index contributed by atoms with van der Waals surface area (Å²) in [5, 5.41) is 12.2. The molecule has 3 rings (SSSR count). The van der Waals surface area contributed by atoms with Crippen LogP contribution in [0.4, 0.5) is 5.69 Å². The van der Waals surface area contributed by atoms with Gasteiger partial charge in [-0.15, -0.1) is 0 Å². The molecule has 0 unspecified atom stereocenters. The summed E-state index contributed by atoms with van der Waals surface area (Å²) in [7, 11) is 1.52. The number of hydrogen-bond acceptors (Lipinski definition) is 6. The van der Waals surface area contributed by atoms with Crippen LogP contribution in [0.5, 0.6) is 11.5 Å². The first kappa shape index (κ1) is 24.1. The Hall–Kier alpha value is -4.57. The minimum Gasteiger partial charge on any atom is -0.493 e. The molecule has 0 bridgehead atoms. The highest BCUT2D eigenvalue weighted by atomic mass is 16.5. The zero-order valence-corrected chi connectivity index (χ0v) is 18.9. The van der Waals surface area contributed by atoms with Crippen molar-refractivity contribution < 1.29 is 23.8 Å². The SMILES string of the molecule is CCOC(=O)c1ccc(NC(=O)/C(C#N)=C/c2ccc(OCc3ccccc3)c(OC)c2)cc1. The molecule has 0 atom stereocenters. The number of carbonyl (C=O) groups is 2. The van der Waals surface area contributed by atoms with Crippen molar-refractivity contribution in [1.82, 2.24) is 0 Å². The largest absolute Gasteiger partial charge is 0.493 e. The Balaban J connectivity index is 1.70. The highest BCUT2D eigenvalue weighted by Crippen LogP contribution is 2.29. The van der Waals surface area contributed by atoms with Gasteiger partial charge in [-0.3, -0.25) is 4.79 Å². The Morgan fingerprint density at radius 3 is 2.38 bits per heavy atom. The van der Waals surface area contributed by atoms with E-state index in [1.165, 1.54) is 13.2 Å². The smallest absolute Gasteiger partial charge is 0.338 e. The summed E-state index contributed by atoms with van der Waals surface area (Å²) in [5.41, 5.74) is 2.36. The Bertz CT molecular complexity index is 1210. The number of rotatable bonds is 9. The standard InChI is InChI=1S/C27H24N2O5/c1-3-33-27(31)21-10-12-23(13-11-21)29-26(30)22(17-28)15-20-9-14-24(25(16-20)32-2)34-18-19-7-5-4-6-8-19/h4-16H,3,18H2,1-2H3,(H,29,30)/b22-15+. The predicted octanol–water partition coefficient (Wildman–Crippen LogP) is 5.00. The molecule has 0 aliphatic heterocycles. The third kappa shape index (κ3) is 6.47. The van der Waals surface area contributed by atoms with Gasteiger partial charge in [-0.25, -0.2) is 4.79 Å². The zero-order chi connectivity index (χ0) is 24.3. The number of esters is 1. The van der Waals surface area contributed by atoms with Gasteiger partial charge in [0.1, 0.15) is 18.2 Å². The van der Waals surface area contributed by atoms with Gasteiger partial charge in [0.2, 0.25) is 0 Å². The monoisotopic (exact) mass is 456 g/mol. The van der Waals surface area contributed by atoms with E-state index in [0.29, 0.717) is 34.9 Å². The van der Waals surface area contributed by atoms with Crippen molar-refractivity contribution in [2.45, 2.75) is 13.5 Å². The van der Waals surface area contributed by atoms with Crippen LogP contribution in [-0.2, 0) is 16.1 Å². The number of ether oxygens (including phenoxy) is 3. The molecule has 0 aromatic heterocycles. The lowest BCUT2D eigenvalue weighted by atomic mass is 10.1. The Morgan fingerprint density at radius 1 is 1.00 bits per heavy atom. The van der Waals surface area contributed by atoms with Gasteiger partial charge in [0.25, 0.3) is 5.91 Å². The molecule has 0 aliphatic rings. The van der Waals surface area contributed by atoms with E-state index in [0.717, 1.165) is 5.56 Å². The van der Waals surface area contributed by atoms with Crippen molar-refractivity contribution in [2.24, 2.45) is 0 Å². The number of nitriles is 1. The maximum Gasteiger partial charge on any atom is 0.338 e. The number of amides is 1. The highest BCUT2D eigenvalue weighted by molar-refractivity contribution is 6.09. The topological polar surface area (TPSA) is 97.7 Å². The molecule has 1 amide bonds. The lowest BCUT2D eigenvalue weighted by Gasteiger charge is -2.11. The molecule has 7 heteroatoms. The third-order valence-electron chi connectivity index (χ3n) is 4.75. The van der Waals surface area contributed by atoms with E-state index in [1.54, 1.807) is 49.4 Å². The summed E-state index contributed by atoms with van der Waals surface area (Å²) in [6.45, 7) is 2.38. The molecule has 0 fully saturated rings. The summed E-state index contributed by atoms with van der Waals surface area (Å²) in [4.78, 5) is 24.3. The van der Waals surface area contributed by atoms with Crippen LogP contribution < -0.4 is 14.8 Å². The summed E-state index contributed by atoms with van der Waals surface area (Å²) in [6, 6.07) is 23.0. The summed E-state index contributed by atoms with van der Waals surface area (Å²) < 4.78 is 16.2. The quantitative estimate of drug-likeness (QED) is 0.277. The lowest BCUT2D eigenvalue weighted by molar-refractivity contribution is -0.112. The summed E-state index contributed by atoms with van der Waals surface area (Å²) in [6.07, 6.45) is 1.46. The number of benzene rings is 3. The molecule has 0 radical (unpaired) electrons. The summed E-state index contributed by atoms with van der Waals surface area (Å²) in [5.74, 6) is 0.0166. The molecule has 3 aromatic carbocycles. The van der Waals surface area contributed by atoms with E-state index >= 15 is 0 Å². The number of hydrogen-bond donors (Lipinski definition) is 1. The number of anilines is 1. The summed E-state index contributed by atoms with van der Waals surface area (Å²) >= 11 is 0. The average molecular weight is 456 g/mol. The van der Waals surface area contributed by atoms with Crippen LogP contribution in [0.1, 0.15) is 28.4 Å². The van der Waals surface area contributed by atoms with Crippen molar-refractivity contribution >= 4 is 23.6 Å². The molecule has 7 nitrogen and oxygen atoms in total. The molecule has 34 heavy (non-hydrogen) atoms. The Kier molecular flexibility index (Phi) is 8.42. The van der Waals surface area contributed by atoms with Gasteiger partial charge in [0.15, 0.2) is 11.5 Å².